The van der Waals surface area contributed by atoms with Crippen molar-refractivity contribution in [3.8, 4) is 5.75 Å². The average molecular weight is 431 g/mol. The van der Waals surface area contributed by atoms with Crippen molar-refractivity contribution in [1.82, 2.24) is 5.32 Å². The van der Waals surface area contributed by atoms with Crippen LogP contribution in [-0.2, 0) is 4.79 Å². The van der Waals surface area contributed by atoms with Gasteiger partial charge in [0.25, 0.3) is 11.8 Å². The number of ether oxygens (including phenoxy) is 1. The molecule has 3 amide bonds. The van der Waals surface area contributed by atoms with Crippen molar-refractivity contribution in [2.75, 3.05) is 24.3 Å². The van der Waals surface area contributed by atoms with Crippen LogP contribution in [0.5, 0.6) is 5.75 Å². The van der Waals surface area contributed by atoms with E-state index in [1.165, 1.54) is 0 Å². The van der Waals surface area contributed by atoms with Gasteiger partial charge in [-0.25, -0.2) is 0 Å². The molecule has 7 nitrogen and oxygen atoms in total. The smallest absolute Gasteiger partial charge is 0.255 e. The summed E-state index contributed by atoms with van der Waals surface area (Å²) < 4.78 is 5.10. The zero-order chi connectivity index (χ0) is 22.9. The Morgan fingerprint density at radius 1 is 0.812 bits per heavy atom. The van der Waals surface area contributed by atoms with E-state index in [9.17, 15) is 14.4 Å². The molecule has 7 heteroatoms. The lowest BCUT2D eigenvalue weighted by Crippen LogP contribution is -2.28. The van der Waals surface area contributed by atoms with E-state index in [0.717, 1.165) is 5.56 Å². The quantitative estimate of drug-likeness (QED) is 0.502. The Morgan fingerprint density at radius 3 is 2.19 bits per heavy atom. The van der Waals surface area contributed by atoms with E-state index >= 15 is 0 Å². The maximum absolute atomic E-state index is 12.6. The highest BCUT2D eigenvalue weighted by Gasteiger charge is 2.14. The number of methoxy groups -OCH3 is 1. The predicted molar refractivity (Wildman–Crippen MR) is 124 cm³/mol. The van der Waals surface area contributed by atoms with Crippen LogP contribution >= 0.6 is 0 Å². The van der Waals surface area contributed by atoms with E-state index in [2.05, 4.69) is 16.0 Å². The maximum atomic E-state index is 12.6. The van der Waals surface area contributed by atoms with Gasteiger partial charge in [-0.2, -0.15) is 0 Å². The Kier molecular flexibility index (Phi) is 7.59. The normalized spacial score (nSPS) is 10.2. The van der Waals surface area contributed by atoms with Gasteiger partial charge in [-0.1, -0.05) is 29.8 Å². The van der Waals surface area contributed by atoms with Crippen LogP contribution in [0.15, 0.2) is 72.8 Å². The van der Waals surface area contributed by atoms with Gasteiger partial charge < -0.3 is 20.7 Å². The molecule has 3 rings (SSSR count). The number of rotatable bonds is 8. The Hall–Kier alpha value is -4.13. The van der Waals surface area contributed by atoms with Crippen LogP contribution in [-0.4, -0.2) is 31.4 Å². The number of nitrogens with one attached hydrogen (secondary N) is 3. The van der Waals surface area contributed by atoms with Crippen LogP contribution in [0.3, 0.4) is 0 Å². The summed E-state index contributed by atoms with van der Waals surface area (Å²) in [4.78, 5) is 37.3. The van der Waals surface area contributed by atoms with Gasteiger partial charge >= 0.3 is 0 Å². The number of carbonyl (C=O) groups excluding carboxylic acids is 3. The van der Waals surface area contributed by atoms with Crippen LogP contribution in [0, 0.1) is 6.92 Å². The summed E-state index contributed by atoms with van der Waals surface area (Å²) in [7, 11) is 1.55. The summed E-state index contributed by atoms with van der Waals surface area (Å²) in [6.07, 6.45) is 0.125. The number of amides is 3. The molecule has 3 aromatic rings. The van der Waals surface area contributed by atoms with E-state index in [4.69, 9.17) is 4.74 Å². The Morgan fingerprint density at radius 2 is 1.50 bits per heavy atom. The second kappa shape index (κ2) is 10.8. The first-order chi connectivity index (χ1) is 15.5. The first kappa shape index (κ1) is 22.6. The first-order valence-corrected chi connectivity index (χ1v) is 10.2. The molecule has 0 aliphatic carbocycles. The third-order valence-corrected chi connectivity index (χ3v) is 4.75. The molecular formula is C25H25N3O4. The molecule has 32 heavy (non-hydrogen) atoms. The average Bonchev–Trinajstić information content (AvgIpc) is 2.81. The van der Waals surface area contributed by atoms with Crippen molar-refractivity contribution in [3.05, 3.63) is 89.5 Å². The predicted octanol–water partition coefficient (Wildman–Crippen LogP) is 4.01. The zero-order valence-electron chi connectivity index (χ0n) is 18.0. The van der Waals surface area contributed by atoms with E-state index < -0.39 is 0 Å². The fraction of sp³-hybridized carbons (Fsp3) is 0.160. The maximum Gasteiger partial charge on any atom is 0.255 e. The summed E-state index contributed by atoms with van der Waals surface area (Å²) >= 11 is 0. The molecular weight excluding hydrogens is 406 g/mol. The highest BCUT2D eigenvalue weighted by molar-refractivity contribution is 6.09. The van der Waals surface area contributed by atoms with E-state index in [-0.39, 0.29) is 30.7 Å². The minimum Gasteiger partial charge on any atom is -0.497 e. The van der Waals surface area contributed by atoms with E-state index in [0.29, 0.717) is 28.3 Å². The molecule has 0 atom stereocenters. The molecule has 0 aliphatic heterocycles. The molecule has 0 heterocycles. The number of aryl methyl sites for hydroxylation is 1. The molecule has 3 aromatic carbocycles. The van der Waals surface area contributed by atoms with Crippen LogP contribution in [0.1, 0.15) is 32.7 Å². The van der Waals surface area contributed by atoms with Crippen LogP contribution in [0.25, 0.3) is 0 Å². The van der Waals surface area contributed by atoms with Crippen LogP contribution < -0.4 is 20.7 Å². The van der Waals surface area contributed by atoms with Crippen molar-refractivity contribution in [3.63, 3.8) is 0 Å². The second-order valence-electron chi connectivity index (χ2n) is 7.15. The van der Waals surface area contributed by atoms with Gasteiger partial charge in [0.2, 0.25) is 5.91 Å². The molecule has 0 unspecified atom stereocenters. The fourth-order valence-corrected chi connectivity index (χ4v) is 2.97. The summed E-state index contributed by atoms with van der Waals surface area (Å²) in [5.41, 5.74) is 2.95. The summed E-state index contributed by atoms with van der Waals surface area (Å²) in [6, 6.07) is 20.9. The molecule has 3 N–H and O–H groups in total. The lowest BCUT2D eigenvalue weighted by atomic mass is 10.1. The van der Waals surface area contributed by atoms with E-state index in [1.807, 2.05) is 31.2 Å². The van der Waals surface area contributed by atoms with E-state index in [1.54, 1.807) is 55.6 Å². The van der Waals surface area contributed by atoms with Gasteiger partial charge in [-0.05, 0) is 55.5 Å². The van der Waals surface area contributed by atoms with Crippen LogP contribution in [0.2, 0.25) is 0 Å². The monoisotopic (exact) mass is 431 g/mol. The third kappa shape index (κ3) is 6.18. The standard InChI is InChI=1S/C25H25N3O4/c1-17-7-11-19(12-8-17)27-23(29)15-16-26-25(31)21-5-3-4-6-22(21)28-24(30)18-9-13-20(32-2)14-10-18/h3-14H,15-16H2,1-2H3,(H,26,31)(H,27,29)(H,28,30). The van der Waals surface area contributed by atoms with Gasteiger partial charge in [0.05, 0.1) is 18.4 Å². The number of anilines is 2. The van der Waals surface area contributed by atoms with Gasteiger partial charge in [-0.15, -0.1) is 0 Å². The Labute approximate surface area is 186 Å². The minimum absolute atomic E-state index is 0.125. The third-order valence-electron chi connectivity index (χ3n) is 4.75. The molecule has 0 saturated carbocycles. The van der Waals surface area contributed by atoms with Gasteiger partial charge in [0, 0.05) is 24.2 Å². The number of hydrogen-bond acceptors (Lipinski definition) is 4. The van der Waals surface area contributed by atoms with Crippen molar-refractivity contribution >= 4 is 29.1 Å². The lowest BCUT2D eigenvalue weighted by molar-refractivity contribution is -0.116. The molecule has 0 bridgehead atoms. The molecule has 0 aromatic heterocycles. The van der Waals surface area contributed by atoms with Crippen molar-refractivity contribution in [2.45, 2.75) is 13.3 Å². The molecule has 0 spiro atoms. The molecule has 164 valence electrons. The number of benzene rings is 3. The van der Waals surface area contributed by atoms with Crippen molar-refractivity contribution < 1.29 is 19.1 Å². The summed E-state index contributed by atoms with van der Waals surface area (Å²) in [5.74, 6) is -0.271. The van der Waals surface area contributed by atoms with Crippen molar-refractivity contribution in [1.29, 1.82) is 0 Å². The lowest BCUT2D eigenvalue weighted by Gasteiger charge is -2.12. The summed E-state index contributed by atoms with van der Waals surface area (Å²) in [6.45, 7) is 2.13. The zero-order valence-corrected chi connectivity index (χ0v) is 18.0. The highest BCUT2D eigenvalue weighted by Crippen LogP contribution is 2.18. The fourth-order valence-electron chi connectivity index (χ4n) is 2.97. The largest absolute Gasteiger partial charge is 0.497 e. The highest BCUT2D eigenvalue weighted by atomic mass is 16.5. The van der Waals surface area contributed by atoms with Gasteiger partial charge in [0.15, 0.2) is 0 Å². The van der Waals surface area contributed by atoms with Gasteiger partial charge in [-0.3, -0.25) is 14.4 Å². The first-order valence-electron chi connectivity index (χ1n) is 10.2. The number of hydrogen-bond donors (Lipinski definition) is 3. The van der Waals surface area contributed by atoms with Crippen molar-refractivity contribution in [2.24, 2.45) is 0 Å². The van der Waals surface area contributed by atoms with Crippen LogP contribution in [0.4, 0.5) is 11.4 Å². The van der Waals surface area contributed by atoms with Gasteiger partial charge in [0.1, 0.15) is 5.75 Å². The SMILES string of the molecule is COc1ccc(C(=O)Nc2ccccc2C(=O)NCCC(=O)Nc2ccc(C)cc2)cc1. The molecule has 0 aliphatic rings. The molecule has 0 fully saturated rings. The second-order valence-corrected chi connectivity index (χ2v) is 7.15. The Bertz CT molecular complexity index is 1090. The minimum atomic E-state index is -0.376. The number of carbonyl (C=O) groups is 3. The summed E-state index contributed by atoms with van der Waals surface area (Å²) in [5, 5.41) is 8.28. The number of para-hydroxylation sites is 1. The molecule has 0 saturated heterocycles. The topological polar surface area (TPSA) is 96.5 Å². The molecule has 0 radical (unpaired) electrons. The Balaban J connectivity index is 1.55.